The van der Waals surface area contributed by atoms with Gasteiger partial charge in [0, 0.05) is 6.08 Å². The summed E-state index contributed by atoms with van der Waals surface area (Å²) < 4.78 is 6.26. The molecule has 3 aliphatic rings. The van der Waals surface area contributed by atoms with E-state index in [1.807, 2.05) is 25.1 Å². The zero-order chi connectivity index (χ0) is 26.3. The van der Waals surface area contributed by atoms with Crippen molar-refractivity contribution in [1.82, 2.24) is 0 Å². The van der Waals surface area contributed by atoms with Gasteiger partial charge in [-0.15, -0.1) is 0 Å². The summed E-state index contributed by atoms with van der Waals surface area (Å²) in [6.45, 7) is 4.14. The Bertz CT molecular complexity index is 1040. The smallest absolute Gasteiger partial charge is 0.331 e. The third-order valence-corrected chi connectivity index (χ3v) is 9.70. The van der Waals surface area contributed by atoms with Gasteiger partial charge in [0.2, 0.25) is 0 Å². The highest BCUT2D eigenvalue weighted by molar-refractivity contribution is 5.91. The lowest BCUT2D eigenvalue weighted by atomic mass is 9.72. The molecule has 2 heteroatoms. The van der Waals surface area contributed by atoms with Crippen molar-refractivity contribution in [2.24, 2.45) is 0 Å². The van der Waals surface area contributed by atoms with Crippen molar-refractivity contribution in [3.05, 3.63) is 76.4 Å². The Morgan fingerprint density at radius 3 is 1.71 bits per heavy atom. The van der Waals surface area contributed by atoms with Crippen LogP contribution >= 0.6 is 0 Å². The van der Waals surface area contributed by atoms with Crippen LogP contribution in [-0.4, -0.2) is 5.97 Å². The quantitative estimate of drug-likeness (QED) is 0.272. The maximum atomic E-state index is 13.2. The van der Waals surface area contributed by atoms with Crippen molar-refractivity contribution in [1.29, 1.82) is 0 Å². The first kappa shape index (κ1) is 27.2. The van der Waals surface area contributed by atoms with Crippen molar-refractivity contribution in [3.8, 4) is 0 Å². The zero-order valence-corrected chi connectivity index (χ0v) is 23.9. The SMILES string of the molecule is C/C(=C\C(=O)O[C@H](C)c1c(C2CCCCC2)cc(C2CCCCC2)cc1C1CCCCC1)c1ccccc1. The van der Waals surface area contributed by atoms with Gasteiger partial charge in [0.15, 0.2) is 0 Å². The molecule has 3 fully saturated rings. The second kappa shape index (κ2) is 13.1. The fourth-order valence-corrected chi connectivity index (χ4v) is 7.60. The van der Waals surface area contributed by atoms with Gasteiger partial charge < -0.3 is 4.74 Å². The Hall–Kier alpha value is -2.35. The molecule has 0 saturated heterocycles. The topological polar surface area (TPSA) is 26.3 Å². The highest BCUT2D eigenvalue weighted by atomic mass is 16.5. The normalized spacial score (nSPS) is 21.3. The van der Waals surface area contributed by atoms with E-state index in [-0.39, 0.29) is 12.1 Å². The Balaban J connectivity index is 1.51. The first-order valence-corrected chi connectivity index (χ1v) is 15.7. The van der Waals surface area contributed by atoms with E-state index in [1.54, 1.807) is 11.6 Å². The lowest BCUT2D eigenvalue weighted by Crippen LogP contribution is -2.19. The summed E-state index contributed by atoms with van der Waals surface area (Å²) in [7, 11) is 0. The number of ether oxygens (including phenoxy) is 1. The standard InChI is InChI=1S/C36H48O2/c1-26(28-15-7-3-8-16-28)23-35(37)38-27(2)36-33(30-19-11-5-12-20-30)24-32(29-17-9-4-10-18-29)25-34(36)31-21-13-6-14-22-31/h3,7-8,15-16,23-25,27,29-31H,4-6,9-14,17-22H2,1-2H3/b26-23+/t27-/m1/s1. The number of hydrogen-bond donors (Lipinski definition) is 0. The van der Waals surface area contributed by atoms with Crippen LogP contribution in [0, 0.1) is 0 Å². The van der Waals surface area contributed by atoms with Crippen LogP contribution in [0.5, 0.6) is 0 Å². The monoisotopic (exact) mass is 512 g/mol. The minimum atomic E-state index is -0.225. The van der Waals surface area contributed by atoms with E-state index >= 15 is 0 Å². The lowest BCUT2D eigenvalue weighted by Gasteiger charge is -2.34. The van der Waals surface area contributed by atoms with Crippen LogP contribution in [0.1, 0.15) is 162 Å². The first-order valence-electron chi connectivity index (χ1n) is 15.7. The minimum absolute atomic E-state index is 0.223. The molecule has 2 nitrogen and oxygen atoms in total. The van der Waals surface area contributed by atoms with Crippen molar-refractivity contribution >= 4 is 11.5 Å². The van der Waals surface area contributed by atoms with Crippen LogP contribution in [0.2, 0.25) is 0 Å². The molecule has 0 aromatic heterocycles. The Morgan fingerprint density at radius 1 is 0.737 bits per heavy atom. The van der Waals surface area contributed by atoms with Crippen LogP contribution in [-0.2, 0) is 9.53 Å². The number of esters is 1. The summed E-state index contributed by atoms with van der Waals surface area (Å²) in [5.74, 6) is 1.69. The average molecular weight is 513 g/mol. The molecule has 0 amide bonds. The summed E-state index contributed by atoms with van der Waals surface area (Å²) in [6.07, 6.45) is 21.4. The second-order valence-electron chi connectivity index (χ2n) is 12.4. The van der Waals surface area contributed by atoms with Gasteiger partial charge in [0.25, 0.3) is 0 Å². The van der Waals surface area contributed by atoms with Gasteiger partial charge in [-0.05, 0) is 104 Å². The summed E-state index contributed by atoms with van der Waals surface area (Å²) >= 11 is 0. The van der Waals surface area contributed by atoms with E-state index in [4.69, 9.17) is 4.74 Å². The van der Waals surface area contributed by atoms with Gasteiger partial charge in [0.05, 0.1) is 0 Å². The van der Waals surface area contributed by atoms with Crippen LogP contribution in [0.4, 0.5) is 0 Å². The maximum Gasteiger partial charge on any atom is 0.331 e. The summed E-state index contributed by atoms with van der Waals surface area (Å²) in [5, 5.41) is 0. The molecule has 0 aliphatic heterocycles. The highest BCUT2D eigenvalue weighted by Crippen LogP contribution is 2.46. The fourth-order valence-electron chi connectivity index (χ4n) is 7.60. The fraction of sp³-hybridized carbons (Fsp3) is 0.583. The van der Waals surface area contributed by atoms with Gasteiger partial charge >= 0.3 is 5.97 Å². The molecule has 0 bridgehead atoms. The van der Waals surface area contributed by atoms with E-state index < -0.39 is 0 Å². The van der Waals surface area contributed by atoms with Gasteiger partial charge in [-0.3, -0.25) is 0 Å². The molecule has 0 heterocycles. The molecule has 5 rings (SSSR count). The van der Waals surface area contributed by atoms with Gasteiger partial charge in [-0.2, -0.15) is 0 Å². The Morgan fingerprint density at radius 2 is 1.21 bits per heavy atom. The number of carbonyl (C=O) groups excluding carboxylic acids is 1. The summed E-state index contributed by atoms with van der Waals surface area (Å²) in [6, 6.07) is 15.3. The highest BCUT2D eigenvalue weighted by Gasteiger charge is 2.30. The van der Waals surface area contributed by atoms with E-state index in [9.17, 15) is 4.79 Å². The average Bonchev–Trinajstić information content (AvgIpc) is 2.98. The number of carbonyl (C=O) groups is 1. The molecular formula is C36H48O2. The molecule has 3 aliphatic carbocycles. The number of rotatable bonds is 7. The second-order valence-corrected chi connectivity index (χ2v) is 12.4. The number of hydrogen-bond acceptors (Lipinski definition) is 2. The molecule has 3 saturated carbocycles. The maximum absolute atomic E-state index is 13.2. The van der Waals surface area contributed by atoms with E-state index in [0.717, 1.165) is 11.1 Å². The van der Waals surface area contributed by atoms with E-state index in [1.165, 1.54) is 113 Å². The van der Waals surface area contributed by atoms with Crippen LogP contribution < -0.4 is 0 Å². The third kappa shape index (κ3) is 6.61. The number of allylic oxidation sites excluding steroid dienone is 1. The van der Waals surface area contributed by atoms with Crippen molar-refractivity contribution in [3.63, 3.8) is 0 Å². The minimum Gasteiger partial charge on any atom is -0.455 e. The molecule has 0 N–H and O–H groups in total. The van der Waals surface area contributed by atoms with Gasteiger partial charge in [-0.1, -0.05) is 100 Å². The largest absolute Gasteiger partial charge is 0.455 e. The molecule has 1 atom stereocenters. The van der Waals surface area contributed by atoms with Crippen LogP contribution in [0.25, 0.3) is 5.57 Å². The summed E-state index contributed by atoms with van der Waals surface area (Å²) in [5.41, 5.74) is 8.03. The van der Waals surface area contributed by atoms with E-state index in [0.29, 0.717) is 17.8 Å². The molecule has 2 aromatic carbocycles. The Kier molecular flexibility index (Phi) is 9.41. The van der Waals surface area contributed by atoms with Crippen molar-refractivity contribution < 1.29 is 9.53 Å². The van der Waals surface area contributed by atoms with Crippen LogP contribution in [0.3, 0.4) is 0 Å². The predicted molar refractivity (Wildman–Crippen MR) is 159 cm³/mol. The molecule has 0 radical (unpaired) electrons. The molecule has 0 unspecified atom stereocenters. The van der Waals surface area contributed by atoms with Gasteiger partial charge in [-0.25, -0.2) is 4.79 Å². The number of benzene rings is 2. The lowest BCUT2D eigenvalue weighted by molar-refractivity contribution is -0.142. The van der Waals surface area contributed by atoms with Crippen LogP contribution in [0.15, 0.2) is 48.5 Å². The molecule has 0 spiro atoms. The zero-order valence-electron chi connectivity index (χ0n) is 23.9. The molecule has 204 valence electrons. The summed E-state index contributed by atoms with van der Waals surface area (Å²) in [4.78, 5) is 13.2. The van der Waals surface area contributed by atoms with E-state index in [2.05, 4.69) is 31.2 Å². The molecule has 2 aromatic rings. The molecular weight excluding hydrogens is 464 g/mol. The van der Waals surface area contributed by atoms with Crippen molar-refractivity contribution in [2.45, 2.75) is 134 Å². The van der Waals surface area contributed by atoms with Gasteiger partial charge in [0.1, 0.15) is 6.10 Å². The first-order chi connectivity index (χ1) is 18.6. The molecule has 38 heavy (non-hydrogen) atoms. The Labute approximate surface area is 231 Å². The third-order valence-electron chi connectivity index (χ3n) is 9.70. The predicted octanol–water partition coefficient (Wildman–Crippen LogP) is 10.5. The van der Waals surface area contributed by atoms with Crippen molar-refractivity contribution in [2.75, 3.05) is 0 Å².